The van der Waals surface area contributed by atoms with Gasteiger partial charge in [-0.25, -0.2) is 4.39 Å². The van der Waals surface area contributed by atoms with Gasteiger partial charge in [-0.1, -0.05) is 44.1 Å². The molecule has 0 unspecified atom stereocenters. The number of rotatable bonds is 8. The molecule has 4 rings (SSSR count). The molecule has 170 valence electrons. The van der Waals surface area contributed by atoms with Crippen LogP contribution in [0.5, 0.6) is 0 Å². The van der Waals surface area contributed by atoms with Crippen molar-refractivity contribution in [1.82, 2.24) is 4.98 Å². The molecule has 1 heterocycles. The quantitative estimate of drug-likeness (QED) is 0.522. The molecule has 1 aromatic carbocycles. The van der Waals surface area contributed by atoms with Crippen LogP contribution < -0.4 is 11.1 Å². The SMILES string of the molecule is CCC[C@@H](C)C1=Cc2c(ncc(C(=O)Cc3ccc(F)cc3)c2NC2CCC(N)CC2)C1. The first-order valence-electron chi connectivity index (χ1n) is 12.0. The van der Waals surface area contributed by atoms with Crippen molar-refractivity contribution in [2.75, 3.05) is 5.32 Å². The molecule has 0 bridgehead atoms. The molecule has 0 spiro atoms. The minimum atomic E-state index is -0.294. The zero-order chi connectivity index (χ0) is 22.7. The summed E-state index contributed by atoms with van der Waals surface area (Å²) >= 11 is 0. The lowest BCUT2D eigenvalue weighted by Gasteiger charge is -2.29. The van der Waals surface area contributed by atoms with Gasteiger partial charge in [0.2, 0.25) is 0 Å². The highest BCUT2D eigenvalue weighted by Gasteiger charge is 2.27. The summed E-state index contributed by atoms with van der Waals surface area (Å²) in [5.74, 6) is 0.218. The fourth-order valence-corrected chi connectivity index (χ4v) is 4.94. The molecule has 3 N–H and O–H groups in total. The Balaban J connectivity index is 1.65. The predicted molar refractivity (Wildman–Crippen MR) is 128 cm³/mol. The van der Waals surface area contributed by atoms with Gasteiger partial charge in [0.05, 0.1) is 16.9 Å². The van der Waals surface area contributed by atoms with Crippen molar-refractivity contribution >= 4 is 17.5 Å². The number of anilines is 1. The topological polar surface area (TPSA) is 68.0 Å². The van der Waals surface area contributed by atoms with Crippen LogP contribution in [0.2, 0.25) is 0 Å². The highest BCUT2D eigenvalue weighted by Crippen LogP contribution is 2.37. The molecule has 32 heavy (non-hydrogen) atoms. The molecular weight excluding hydrogens is 401 g/mol. The van der Waals surface area contributed by atoms with Crippen molar-refractivity contribution in [3.63, 3.8) is 0 Å². The molecule has 1 saturated carbocycles. The van der Waals surface area contributed by atoms with E-state index >= 15 is 0 Å². The number of benzene rings is 1. The summed E-state index contributed by atoms with van der Waals surface area (Å²) < 4.78 is 13.3. The largest absolute Gasteiger partial charge is 0.381 e. The molecule has 2 aliphatic carbocycles. The van der Waals surface area contributed by atoms with Gasteiger partial charge in [0.1, 0.15) is 5.82 Å². The second kappa shape index (κ2) is 9.95. The van der Waals surface area contributed by atoms with Gasteiger partial charge < -0.3 is 11.1 Å². The molecule has 4 nitrogen and oxygen atoms in total. The normalized spacial score (nSPS) is 21.1. The van der Waals surface area contributed by atoms with Gasteiger partial charge in [0.25, 0.3) is 0 Å². The van der Waals surface area contributed by atoms with E-state index < -0.39 is 0 Å². The summed E-state index contributed by atoms with van der Waals surface area (Å²) in [5, 5.41) is 3.72. The summed E-state index contributed by atoms with van der Waals surface area (Å²) in [7, 11) is 0. The average molecular weight is 436 g/mol. The zero-order valence-corrected chi connectivity index (χ0v) is 19.2. The number of Topliss-reactive ketones (excluding diaryl/α,β-unsaturated/α-hetero) is 1. The van der Waals surface area contributed by atoms with Crippen molar-refractivity contribution in [2.45, 2.75) is 77.3 Å². The minimum absolute atomic E-state index is 0.00498. The van der Waals surface area contributed by atoms with Crippen LogP contribution in [0, 0.1) is 11.7 Å². The van der Waals surface area contributed by atoms with Crippen LogP contribution in [-0.4, -0.2) is 22.9 Å². The van der Waals surface area contributed by atoms with E-state index in [2.05, 4.69) is 25.2 Å². The van der Waals surface area contributed by atoms with Crippen molar-refractivity contribution in [1.29, 1.82) is 0 Å². The Morgan fingerprint density at radius 3 is 2.62 bits per heavy atom. The lowest BCUT2D eigenvalue weighted by Crippen LogP contribution is -2.33. The standard InChI is InChI=1S/C27H34FN3O/c1-3-4-17(2)19-14-23-25(15-19)30-16-24(26(32)13-18-5-7-20(28)8-6-18)27(23)31-22-11-9-21(29)10-12-22/h5-8,14,16-17,21-22H,3-4,9-13,15,29H2,1-2H3,(H,30,31)/t17-,21?,22?/m1/s1. The van der Waals surface area contributed by atoms with Crippen LogP contribution in [0.4, 0.5) is 10.1 Å². The van der Waals surface area contributed by atoms with Crippen LogP contribution in [-0.2, 0) is 12.8 Å². The van der Waals surface area contributed by atoms with Gasteiger partial charge >= 0.3 is 0 Å². The molecule has 0 radical (unpaired) electrons. The number of fused-ring (bicyclic) bond motifs is 1. The van der Waals surface area contributed by atoms with Crippen molar-refractivity contribution in [3.05, 3.63) is 64.2 Å². The summed E-state index contributed by atoms with van der Waals surface area (Å²) in [5.41, 5.74) is 12.0. The van der Waals surface area contributed by atoms with Gasteiger partial charge in [0.15, 0.2) is 5.78 Å². The minimum Gasteiger partial charge on any atom is -0.381 e. The van der Waals surface area contributed by atoms with E-state index in [4.69, 9.17) is 10.7 Å². The van der Waals surface area contributed by atoms with Gasteiger partial charge in [0, 0.05) is 36.7 Å². The third-order valence-electron chi connectivity index (χ3n) is 6.95. The van der Waals surface area contributed by atoms with E-state index in [1.165, 1.54) is 17.7 Å². The Morgan fingerprint density at radius 2 is 1.94 bits per heavy atom. The Kier molecular flexibility index (Phi) is 7.04. The maximum Gasteiger partial charge on any atom is 0.170 e. The van der Waals surface area contributed by atoms with Crippen LogP contribution >= 0.6 is 0 Å². The number of nitrogens with zero attached hydrogens (tertiary/aromatic N) is 1. The zero-order valence-electron chi connectivity index (χ0n) is 19.2. The predicted octanol–water partition coefficient (Wildman–Crippen LogP) is 5.70. The number of carbonyl (C=O) groups is 1. The van der Waals surface area contributed by atoms with Crippen molar-refractivity contribution in [3.8, 4) is 0 Å². The van der Waals surface area contributed by atoms with Crippen LogP contribution in [0.25, 0.3) is 6.08 Å². The number of hydrogen-bond acceptors (Lipinski definition) is 4. The summed E-state index contributed by atoms with van der Waals surface area (Å²) in [6.07, 6.45) is 11.4. The smallest absolute Gasteiger partial charge is 0.170 e. The van der Waals surface area contributed by atoms with Crippen LogP contribution in [0.3, 0.4) is 0 Å². The number of carbonyl (C=O) groups excluding carboxylic acids is 1. The van der Waals surface area contributed by atoms with Gasteiger partial charge in [-0.3, -0.25) is 9.78 Å². The summed E-state index contributed by atoms with van der Waals surface area (Å²) in [6.45, 7) is 4.49. The van der Waals surface area contributed by atoms with Crippen LogP contribution in [0.15, 0.2) is 36.0 Å². The fourth-order valence-electron chi connectivity index (χ4n) is 4.94. The second-order valence-electron chi connectivity index (χ2n) is 9.48. The highest BCUT2D eigenvalue weighted by atomic mass is 19.1. The first kappa shape index (κ1) is 22.7. The van der Waals surface area contributed by atoms with Gasteiger partial charge in [-0.15, -0.1) is 0 Å². The van der Waals surface area contributed by atoms with Crippen LogP contribution in [0.1, 0.15) is 79.6 Å². The maximum absolute atomic E-state index is 13.3. The third kappa shape index (κ3) is 5.09. The number of ketones is 1. The molecule has 2 aliphatic rings. The second-order valence-corrected chi connectivity index (χ2v) is 9.48. The molecule has 1 aromatic heterocycles. The number of hydrogen-bond donors (Lipinski definition) is 2. The highest BCUT2D eigenvalue weighted by molar-refractivity contribution is 6.04. The van der Waals surface area contributed by atoms with E-state index in [-0.39, 0.29) is 24.1 Å². The number of aromatic nitrogens is 1. The number of halogens is 1. The van der Waals surface area contributed by atoms with Gasteiger partial charge in [-0.05, 0) is 55.7 Å². The summed E-state index contributed by atoms with van der Waals surface area (Å²) in [6, 6.07) is 6.74. The Bertz CT molecular complexity index is 991. The summed E-state index contributed by atoms with van der Waals surface area (Å²) in [4.78, 5) is 18.0. The molecule has 0 amide bonds. The van der Waals surface area contributed by atoms with E-state index in [0.29, 0.717) is 17.5 Å². The van der Waals surface area contributed by atoms with E-state index in [1.54, 1.807) is 18.3 Å². The Morgan fingerprint density at radius 1 is 1.22 bits per heavy atom. The van der Waals surface area contributed by atoms with Crippen molar-refractivity contribution < 1.29 is 9.18 Å². The molecule has 0 aliphatic heterocycles. The molecule has 1 atom stereocenters. The first-order valence-corrected chi connectivity index (χ1v) is 12.0. The molecule has 0 saturated heterocycles. The molecule has 1 fully saturated rings. The average Bonchev–Trinajstić information content (AvgIpc) is 3.22. The number of nitrogens with one attached hydrogen (secondary N) is 1. The molecular formula is C27H34FN3O. The Labute approximate surface area is 190 Å². The Hall–Kier alpha value is -2.53. The van der Waals surface area contributed by atoms with Crippen molar-refractivity contribution in [2.24, 2.45) is 11.7 Å². The van der Waals surface area contributed by atoms with E-state index in [0.717, 1.165) is 67.5 Å². The lowest BCUT2D eigenvalue weighted by atomic mass is 9.91. The monoisotopic (exact) mass is 435 g/mol. The fraction of sp³-hybridized carbons (Fsp3) is 0.481. The maximum atomic E-state index is 13.3. The lowest BCUT2D eigenvalue weighted by molar-refractivity contribution is 0.0993. The number of pyridine rings is 1. The van der Waals surface area contributed by atoms with E-state index in [1.807, 2.05) is 0 Å². The first-order chi connectivity index (χ1) is 15.4. The number of nitrogens with two attached hydrogens (primary N) is 1. The third-order valence-corrected chi connectivity index (χ3v) is 6.95. The molecule has 2 aromatic rings. The van der Waals surface area contributed by atoms with Gasteiger partial charge in [-0.2, -0.15) is 0 Å². The number of allylic oxidation sites excluding steroid dienone is 1. The molecule has 5 heteroatoms. The van der Waals surface area contributed by atoms with E-state index in [9.17, 15) is 9.18 Å².